The van der Waals surface area contributed by atoms with Crippen LogP contribution >= 0.6 is 11.6 Å². The van der Waals surface area contributed by atoms with Crippen LogP contribution < -0.4 is 0 Å². The number of nitrogens with zero attached hydrogens (tertiary/aromatic N) is 6. The van der Waals surface area contributed by atoms with Crippen molar-refractivity contribution in [3.8, 4) is 17.3 Å². The molecule has 3 aromatic rings. The maximum absolute atomic E-state index is 5.92. The largest absolute Gasteiger partial charge is 0.256 e. The molecule has 1 aromatic carbocycles. The van der Waals surface area contributed by atoms with Crippen molar-refractivity contribution in [2.24, 2.45) is 0 Å². The zero-order chi connectivity index (χ0) is 13.2. The molecule has 0 fully saturated rings. The molecule has 0 amide bonds. The Hall–Kier alpha value is -2.34. The Morgan fingerprint density at radius 1 is 1.05 bits per heavy atom. The van der Waals surface area contributed by atoms with Crippen LogP contribution in [0.25, 0.3) is 17.3 Å². The second-order valence-electron chi connectivity index (χ2n) is 3.93. The van der Waals surface area contributed by atoms with Crippen LogP contribution in [0.3, 0.4) is 0 Å². The highest BCUT2D eigenvalue weighted by Crippen LogP contribution is 2.17. The summed E-state index contributed by atoms with van der Waals surface area (Å²) in [7, 11) is 0. The van der Waals surface area contributed by atoms with Gasteiger partial charge in [-0.05, 0) is 18.5 Å². The summed E-state index contributed by atoms with van der Waals surface area (Å²) < 4.78 is 1.44. The van der Waals surface area contributed by atoms with Gasteiger partial charge in [-0.15, -0.1) is 0 Å². The average Bonchev–Trinajstić information content (AvgIpc) is 2.93. The third-order valence-corrected chi connectivity index (χ3v) is 2.70. The monoisotopic (exact) mass is 272 g/mol. The van der Waals surface area contributed by atoms with Gasteiger partial charge in [0, 0.05) is 5.56 Å². The van der Waals surface area contributed by atoms with E-state index in [9.17, 15) is 0 Å². The fourth-order valence-electron chi connectivity index (χ4n) is 1.59. The molecule has 0 bridgehead atoms. The van der Waals surface area contributed by atoms with Gasteiger partial charge in [0.25, 0.3) is 5.95 Å². The van der Waals surface area contributed by atoms with Crippen LogP contribution in [0.5, 0.6) is 0 Å². The summed E-state index contributed by atoms with van der Waals surface area (Å²) in [6, 6.07) is 7.85. The van der Waals surface area contributed by atoms with E-state index in [-0.39, 0.29) is 5.28 Å². The molecule has 0 aliphatic carbocycles. The first-order valence-electron chi connectivity index (χ1n) is 5.56. The van der Waals surface area contributed by atoms with Crippen LogP contribution in [0.15, 0.2) is 36.9 Å². The number of hydrogen-bond donors (Lipinski definition) is 0. The predicted octanol–water partition coefficient (Wildman–Crippen LogP) is 2.08. The minimum atomic E-state index is 0.121. The van der Waals surface area contributed by atoms with Crippen molar-refractivity contribution in [3.63, 3.8) is 0 Å². The van der Waals surface area contributed by atoms with Crippen molar-refractivity contribution >= 4 is 11.6 Å². The zero-order valence-electron chi connectivity index (χ0n) is 10.0. The SMILES string of the molecule is Cc1ccc(-c2nc(Cl)nc(-n3cncn3)n2)cc1. The van der Waals surface area contributed by atoms with Crippen molar-refractivity contribution in [1.29, 1.82) is 0 Å². The lowest BCUT2D eigenvalue weighted by Gasteiger charge is -2.04. The molecule has 0 unspecified atom stereocenters. The Kier molecular flexibility index (Phi) is 2.92. The van der Waals surface area contributed by atoms with Crippen LogP contribution in [-0.4, -0.2) is 29.7 Å². The molecule has 6 nitrogen and oxygen atoms in total. The van der Waals surface area contributed by atoms with E-state index in [1.54, 1.807) is 0 Å². The van der Waals surface area contributed by atoms with Gasteiger partial charge in [0.15, 0.2) is 5.82 Å². The van der Waals surface area contributed by atoms with Gasteiger partial charge in [0.1, 0.15) is 12.7 Å². The maximum Gasteiger partial charge on any atom is 0.256 e. The summed E-state index contributed by atoms with van der Waals surface area (Å²) in [6.07, 6.45) is 2.91. The zero-order valence-corrected chi connectivity index (χ0v) is 10.8. The molecule has 19 heavy (non-hydrogen) atoms. The summed E-state index contributed by atoms with van der Waals surface area (Å²) in [5.74, 6) is 0.846. The van der Waals surface area contributed by atoms with Crippen molar-refractivity contribution in [1.82, 2.24) is 29.7 Å². The maximum atomic E-state index is 5.92. The van der Waals surface area contributed by atoms with Gasteiger partial charge < -0.3 is 0 Å². The minimum Gasteiger partial charge on any atom is -0.223 e. The highest BCUT2D eigenvalue weighted by Gasteiger charge is 2.09. The van der Waals surface area contributed by atoms with E-state index < -0.39 is 0 Å². The number of benzene rings is 1. The molecule has 0 atom stereocenters. The molecule has 0 aliphatic heterocycles. The van der Waals surface area contributed by atoms with Crippen molar-refractivity contribution in [3.05, 3.63) is 47.8 Å². The van der Waals surface area contributed by atoms with E-state index in [2.05, 4.69) is 25.0 Å². The molecule has 0 radical (unpaired) electrons. The van der Waals surface area contributed by atoms with Gasteiger partial charge in [-0.25, -0.2) is 4.98 Å². The summed E-state index contributed by atoms with van der Waals surface area (Å²) >= 11 is 5.92. The quantitative estimate of drug-likeness (QED) is 0.714. The summed E-state index contributed by atoms with van der Waals surface area (Å²) in [5, 5.41) is 4.09. The van der Waals surface area contributed by atoms with E-state index >= 15 is 0 Å². The Balaban J connectivity index is 2.10. The van der Waals surface area contributed by atoms with Crippen LogP contribution in [0.1, 0.15) is 5.56 Å². The second kappa shape index (κ2) is 4.74. The molecule has 0 aliphatic rings. The fourth-order valence-corrected chi connectivity index (χ4v) is 1.74. The standard InChI is InChI=1S/C12H9ClN6/c1-8-2-4-9(5-3-8)10-16-11(13)18-12(17-10)19-7-14-6-15-19/h2-7H,1H3. The molecule has 0 spiro atoms. The summed E-state index contributed by atoms with van der Waals surface area (Å²) in [6.45, 7) is 2.02. The molecule has 3 rings (SSSR count). The molecule has 2 aromatic heterocycles. The van der Waals surface area contributed by atoms with E-state index in [0.29, 0.717) is 11.8 Å². The number of rotatable bonds is 2. The molecule has 0 saturated carbocycles. The van der Waals surface area contributed by atoms with Crippen LogP contribution in [-0.2, 0) is 0 Å². The average molecular weight is 273 g/mol. The molecule has 7 heteroatoms. The highest BCUT2D eigenvalue weighted by atomic mass is 35.5. The Morgan fingerprint density at radius 2 is 1.84 bits per heavy atom. The first-order valence-corrected chi connectivity index (χ1v) is 5.94. The van der Waals surface area contributed by atoms with E-state index in [4.69, 9.17) is 11.6 Å². The first-order chi connectivity index (χ1) is 9.22. The number of halogens is 1. The normalized spacial score (nSPS) is 10.6. The Labute approximate surface area is 114 Å². The minimum absolute atomic E-state index is 0.121. The Morgan fingerprint density at radius 3 is 2.53 bits per heavy atom. The number of aryl methyl sites for hydroxylation is 1. The van der Waals surface area contributed by atoms with Gasteiger partial charge >= 0.3 is 0 Å². The molecular formula is C12H9ClN6. The molecular weight excluding hydrogens is 264 g/mol. The summed E-state index contributed by atoms with van der Waals surface area (Å²) in [4.78, 5) is 16.3. The smallest absolute Gasteiger partial charge is 0.223 e. The van der Waals surface area contributed by atoms with Crippen LogP contribution in [0, 0.1) is 6.92 Å². The molecule has 94 valence electrons. The summed E-state index contributed by atoms with van der Waals surface area (Å²) in [5.41, 5.74) is 2.04. The first kappa shape index (κ1) is 11.7. The van der Waals surface area contributed by atoms with E-state index in [1.807, 2.05) is 31.2 Å². The van der Waals surface area contributed by atoms with Gasteiger partial charge in [-0.3, -0.25) is 0 Å². The predicted molar refractivity (Wildman–Crippen MR) is 69.9 cm³/mol. The van der Waals surface area contributed by atoms with Crippen LogP contribution in [0.4, 0.5) is 0 Å². The second-order valence-corrected chi connectivity index (χ2v) is 4.27. The number of hydrogen-bond acceptors (Lipinski definition) is 5. The van der Waals surface area contributed by atoms with E-state index in [1.165, 1.54) is 22.9 Å². The molecule has 0 saturated heterocycles. The lowest BCUT2D eigenvalue weighted by atomic mass is 10.1. The van der Waals surface area contributed by atoms with Crippen LogP contribution in [0.2, 0.25) is 5.28 Å². The molecule has 2 heterocycles. The van der Waals surface area contributed by atoms with Crippen molar-refractivity contribution in [2.45, 2.75) is 6.92 Å². The van der Waals surface area contributed by atoms with E-state index in [0.717, 1.165) is 5.56 Å². The van der Waals surface area contributed by atoms with Crippen molar-refractivity contribution < 1.29 is 0 Å². The third kappa shape index (κ3) is 2.43. The highest BCUT2D eigenvalue weighted by molar-refractivity contribution is 6.28. The fraction of sp³-hybridized carbons (Fsp3) is 0.0833. The lowest BCUT2D eigenvalue weighted by Crippen LogP contribution is -2.05. The molecule has 0 N–H and O–H groups in total. The van der Waals surface area contributed by atoms with Gasteiger partial charge in [-0.2, -0.15) is 24.7 Å². The van der Waals surface area contributed by atoms with Gasteiger partial charge in [0.05, 0.1) is 0 Å². The third-order valence-electron chi connectivity index (χ3n) is 2.53. The lowest BCUT2D eigenvalue weighted by molar-refractivity contribution is 0.796. The number of aromatic nitrogens is 6. The topological polar surface area (TPSA) is 69.4 Å². The van der Waals surface area contributed by atoms with Crippen molar-refractivity contribution in [2.75, 3.05) is 0 Å². The Bertz CT molecular complexity index is 693. The van der Waals surface area contributed by atoms with Gasteiger partial charge in [-0.1, -0.05) is 29.8 Å². The van der Waals surface area contributed by atoms with Gasteiger partial charge in [0.2, 0.25) is 5.28 Å².